The van der Waals surface area contributed by atoms with Crippen LogP contribution in [0.5, 0.6) is 0 Å². The van der Waals surface area contributed by atoms with Crippen molar-refractivity contribution >= 4 is 10.9 Å². The molecule has 3 heteroatoms. The van der Waals surface area contributed by atoms with E-state index in [1.54, 1.807) is 0 Å². The van der Waals surface area contributed by atoms with Gasteiger partial charge in [0.25, 0.3) is 0 Å². The summed E-state index contributed by atoms with van der Waals surface area (Å²) in [5.41, 5.74) is 4.25. The number of aryl methyl sites for hydroxylation is 2. The molecule has 0 saturated heterocycles. The number of aromatic amines is 1. The number of fused-ring (bicyclic) bond motifs is 1. The lowest BCUT2D eigenvalue weighted by Gasteiger charge is -2.02. The molecule has 0 spiro atoms. The average Bonchev–Trinajstić information content (AvgIpc) is 2.71. The van der Waals surface area contributed by atoms with Crippen molar-refractivity contribution in [1.29, 1.82) is 0 Å². The van der Waals surface area contributed by atoms with Crippen LogP contribution in [0.25, 0.3) is 22.2 Å². The molecule has 1 N–H and O–H groups in total. The minimum absolute atomic E-state index is 0.810. The predicted octanol–water partition coefficient (Wildman–Crippen LogP) is 3.24. The van der Waals surface area contributed by atoms with Crippen LogP contribution in [0.15, 0.2) is 36.5 Å². The molecule has 0 aliphatic rings. The molecule has 0 saturated carbocycles. The normalized spacial score (nSPS) is 10.9. The molecule has 0 unspecified atom stereocenters. The van der Waals surface area contributed by atoms with Gasteiger partial charge in [-0.05, 0) is 26.0 Å². The Morgan fingerprint density at radius 3 is 2.71 bits per heavy atom. The van der Waals surface area contributed by atoms with Crippen molar-refractivity contribution in [2.45, 2.75) is 13.8 Å². The van der Waals surface area contributed by atoms with Gasteiger partial charge in [0.2, 0.25) is 0 Å². The summed E-state index contributed by atoms with van der Waals surface area (Å²) in [7, 11) is 0. The van der Waals surface area contributed by atoms with Gasteiger partial charge in [0, 0.05) is 28.4 Å². The van der Waals surface area contributed by atoms with E-state index in [4.69, 9.17) is 0 Å². The van der Waals surface area contributed by atoms with Crippen molar-refractivity contribution < 1.29 is 0 Å². The van der Waals surface area contributed by atoms with Crippen LogP contribution >= 0.6 is 0 Å². The highest BCUT2D eigenvalue weighted by Gasteiger charge is 2.07. The van der Waals surface area contributed by atoms with Gasteiger partial charge in [0.1, 0.15) is 5.82 Å². The number of nitrogens with one attached hydrogen (secondary N) is 1. The molecule has 3 nitrogen and oxygen atoms in total. The van der Waals surface area contributed by atoms with Crippen molar-refractivity contribution in [2.75, 3.05) is 0 Å². The summed E-state index contributed by atoms with van der Waals surface area (Å²) in [4.78, 5) is 12.1. The second-order valence-corrected chi connectivity index (χ2v) is 4.19. The highest BCUT2D eigenvalue weighted by molar-refractivity contribution is 5.94. The van der Waals surface area contributed by atoms with E-state index in [9.17, 15) is 0 Å². The van der Waals surface area contributed by atoms with Gasteiger partial charge in [0.05, 0.1) is 5.69 Å². The lowest BCUT2D eigenvalue weighted by molar-refractivity contribution is 1.02. The maximum atomic E-state index is 4.50. The van der Waals surface area contributed by atoms with Crippen molar-refractivity contribution in [2.24, 2.45) is 0 Å². The number of H-pyrrole nitrogens is 1. The molecule has 0 radical (unpaired) electrons. The first-order valence-electron chi connectivity index (χ1n) is 5.63. The molecule has 1 aromatic carbocycles. The van der Waals surface area contributed by atoms with E-state index < -0.39 is 0 Å². The zero-order chi connectivity index (χ0) is 11.8. The minimum Gasteiger partial charge on any atom is -0.360 e. The molecule has 3 rings (SSSR count). The van der Waals surface area contributed by atoms with Crippen LogP contribution in [0.2, 0.25) is 0 Å². The number of nitrogens with zero attached hydrogens (tertiary/aromatic N) is 2. The first-order chi connectivity index (χ1) is 8.24. The standard InChI is InChI=1S/C14H13N3/c1-9-7-14(17-10(2)16-9)12-8-15-13-6-4-3-5-11(12)13/h3-8,15H,1-2H3. The largest absolute Gasteiger partial charge is 0.360 e. The molecule has 84 valence electrons. The summed E-state index contributed by atoms with van der Waals surface area (Å²) in [5.74, 6) is 0.810. The van der Waals surface area contributed by atoms with Crippen LogP contribution < -0.4 is 0 Å². The Hall–Kier alpha value is -2.16. The average molecular weight is 223 g/mol. The number of rotatable bonds is 1. The van der Waals surface area contributed by atoms with E-state index in [1.807, 2.05) is 38.2 Å². The van der Waals surface area contributed by atoms with E-state index in [0.29, 0.717) is 0 Å². The second-order valence-electron chi connectivity index (χ2n) is 4.19. The van der Waals surface area contributed by atoms with Crippen LogP contribution in [0.4, 0.5) is 0 Å². The fourth-order valence-corrected chi connectivity index (χ4v) is 2.14. The Bertz CT molecular complexity index is 663. The molecule has 2 aromatic heterocycles. The summed E-state index contributed by atoms with van der Waals surface area (Å²) in [6.45, 7) is 3.92. The van der Waals surface area contributed by atoms with Gasteiger partial charge in [-0.2, -0.15) is 0 Å². The quantitative estimate of drug-likeness (QED) is 0.688. The van der Waals surface area contributed by atoms with Gasteiger partial charge >= 0.3 is 0 Å². The molecule has 0 atom stereocenters. The lowest BCUT2D eigenvalue weighted by Crippen LogP contribution is -1.93. The van der Waals surface area contributed by atoms with Gasteiger partial charge in [0.15, 0.2) is 0 Å². The third kappa shape index (κ3) is 1.69. The van der Waals surface area contributed by atoms with Gasteiger partial charge in [-0.3, -0.25) is 0 Å². The number of hydrogen-bond donors (Lipinski definition) is 1. The number of benzene rings is 1. The van der Waals surface area contributed by atoms with Crippen LogP contribution in [0.3, 0.4) is 0 Å². The molecule has 2 heterocycles. The third-order valence-electron chi connectivity index (χ3n) is 2.83. The Labute approximate surface area is 99.5 Å². The molecular weight excluding hydrogens is 210 g/mol. The minimum atomic E-state index is 0.810. The third-order valence-corrected chi connectivity index (χ3v) is 2.83. The van der Waals surface area contributed by atoms with Gasteiger partial charge in [-0.15, -0.1) is 0 Å². The van der Waals surface area contributed by atoms with E-state index in [-0.39, 0.29) is 0 Å². The molecule has 0 bridgehead atoms. The van der Waals surface area contributed by atoms with Crippen LogP contribution in [-0.4, -0.2) is 15.0 Å². The summed E-state index contributed by atoms with van der Waals surface area (Å²) in [6, 6.07) is 10.3. The molecule has 0 aliphatic heterocycles. The highest BCUT2D eigenvalue weighted by atomic mass is 14.9. The zero-order valence-electron chi connectivity index (χ0n) is 9.86. The first kappa shape index (κ1) is 10.0. The maximum absolute atomic E-state index is 4.50. The highest BCUT2D eigenvalue weighted by Crippen LogP contribution is 2.27. The van der Waals surface area contributed by atoms with Crippen LogP contribution in [0, 0.1) is 13.8 Å². The Morgan fingerprint density at radius 2 is 1.88 bits per heavy atom. The van der Waals surface area contributed by atoms with E-state index >= 15 is 0 Å². The smallest absolute Gasteiger partial charge is 0.126 e. The van der Waals surface area contributed by atoms with E-state index in [0.717, 1.165) is 28.3 Å². The Morgan fingerprint density at radius 1 is 1.06 bits per heavy atom. The van der Waals surface area contributed by atoms with Crippen molar-refractivity contribution in [3.63, 3.8) is 0 Å². The van der Waals surface area contributed by atoms with Gasteiger partial charge in [-0.1, -0.05) is 18.2 Å². The molecule has 0 amide bonds. The molecule has 0 fully saturated rings. The number of aromatic nitrogens is 3. The summed E-state index contributed by atoms with van der Waals surface area (Å²) in [6.07, 6.45) is 2.01. The molecule has 17 heavy (non-hydrogen) atoms. The summed E-state index contributed by atoms with van der Waals surface area (Å²) < 4.78 is 0. The van der Waals surface area contributed by atoms with E-state index in [2.05, 4.69) is 27.1 Å². The summed E-state index contributed by atoms with van der Waals surface area (Å²) >= 11 is 0. The summed E-state index contributed by atoms with van der Waals surface area (Å²) in [5, 5.41) is 1.20. The first-order valence-corrected chi connectivity index (χ1v) is 5.63. The van der Waals surface area contributed by atoms with Crippen molar-refractivity contribution in [1.82, 2.24) is 15.0 Å². The maximum Gasteiger partial charge on any atom is 0.126 e. The SMILES string of the molecule is Cc1cc(-c2c[nH]c3ccccc23)nc(C)n1. The lowest BCUT2D eigenvalue weighted by atomic mass is 10.1. The fraction of sp³-hybridized carbons (Fsp3) is 0.143. The monoisotopic (exact) mass is 223 g/mol. The van der Waals surface area contributed by atoms with Crippen LogP contribution in [0.1, 0.15) is 11.5 Å². The topological polar surface area (TPSA) is 41.6 Å². The molecular formula is C14H13N3. The van der Waals surface area contributed by atoms with Crippen molar-refractivity contribution in [3.05, 3.63) is 48.0 Å². The van der Waals surface area contributed by atoms with Crippen molar-refractivity contribution in [3.8, 4) is 11.3 Å². The fourth-order valence-electron chi connectivity index (χ4n) is 2.14. The molecule has 3 aromatic rings. The van der Waals surface area contributed by atoms with Crippen LogP contribution in [-0.2, 0) is 0 Å². The Kier molecular flexibility index (Phi) is 2.18. The molecule has 0 aliphatic carbocycles. The predicted molar refractivity (Wildman–Crippen MR) is 68.8 cm³/mol. The number of para-hydroxylation sites is 1. The Balaban J connectivity index is 2.27. The van der Waals surface area contributed by atoms with E-state index in [1.165, 1.54) is 5.39 Å². The van der Waals surface area contributed by atoms with Gasteiger partial charge in [-0.25, -0.2) is 9.97 Å². The second kappa shape index (κ2) is 3.70. The van der Waals surface area contributed by atoms with Gasteiger partial charge < -0.3 is 4.98 Å². The zero-order valence-corrected chi connectivity index (χ0v) is 9.86. The number of hydrogen-bond acceptors (Lipinski definition) is 2.